The first kappa shape index (κ1) is 13.1. The van der Waals surface area contributed by atoms with Crippen molar-refractivity contribution in [1.82, 2.24) is 4.00 Å². The Kier molecular flexibility index (Phi) is 4.48. The third-order valence-corrected chi connectivity index (χ3v) is 15.3. The van der Waals surface area contributed by atoms with Crippen LogP contribution in [-0.4, -0.2) is 27.1 Å². The third kappa shape index (κ3) is 3.88. The van der Waals surface area contributed by atoms with Gasteiger partial charge in [-0.2, -0.15) is 0 Å². The van der Waals surface area contributed by atoms with Crippen molar-refractivity contribution >= 4 is 35.1 Å². The van der Waals surface area contributed by atoms with Gasteiger partial charge in [0.1, 0.15) is 16.5 Å². The van der Waals surface area contributed by atoms with Crippen molar-refractivity contribution in [3.05, 3.63) is 0 Å². The molecule has 0 bridgehead atoms. The summed E-state index contributed by atoms with van der Waals surface area (Å²) >= 11 is 6.27. The van der Waals surface area contributed by atoms with Crippen LogP contribution < -0.4 is 0 Å². The normalized spacial score (nSPS) is 16.8. The van der Waals surface area contributed by atoms with E-state index in [1.165, 1.54) is 0 Å². The Morgan fingerprint density at radius 1 is 0.917 bits per heavy atom. The molecule has 0 aliphatic rings. The summed E-state index contributed by atoms with van der Waals surface area (Å²) in [6.07, 6.45) is 0. The van der Waals surface area contributed by atoms with Gasteiger partial charge in [0.2, 0.25) is 0 Å². The van der Waals surface area contributed by atoms with Gasteiger partial charge >= 0.3 is 0 Å². The Bertz CT molecular complexity index is 136. The molecule has 12 heavy (non-hydrogen) atoms. The molecule has 0 fully saturated rings. The number of rotatable bonds is 3. The summed E-state index contributed by atoms with van der Waals surface area (Å²) in [4.78, 5) is 0. The molecule has 0 aromatic rings. The van der Waals surface area contributed by atoms with E-state index in [4.69, 9.17) is 11.2 Å². The van der Waals surface area contributed by atoms with Gasteiger partial charge < -0.3 is 4.00 Å². The van der Waals surface area contributed by atoms with Gasteiger partial charge in [0.15, 0.2) is 0 Å². The van der Waals surface area contributed by atoms with Crippen LogP contribution in [0.15, 0.2) is 0 Å². The maximum Gasteiger partial charge on any atom is 0.117 e. The summed E-state index contributed by atoms with van der Waals surface area (Å²) in [5, 5.41) is 0. The van der Waals surface area contributed by atoms with Gasteiger partial charge in [-0.25, -0.2) is 0 Å². The SMILES string of the molecule is CP(Cl)N([Si](C)(C)C)[Si](C)(C)C. The third-order valence-electron chi connectivity index (χ3n) is 1.55. The molecule has 0 heterocycles. The summed E-state index contributed by atoms with van der Waals surface area (Å²) in [7, 11) is -2.80. The number of halogens is 1. The molecule has 0 aromatic carbocycles. The highest BCUT2D eigenvalue weighted by molar-refractivity contribution is 7.84. The summed E-state index contributed by atoms with van der Waals surface area (Å²) in [5.41, 5.74) is 0. The van der Waals surface area contributed by atoms with Crippen LogP contribution in [0.4, 0.5) is 0 Å². The van der Waals surface area contributed by atoms with Gasteiger partial charge in [0, 0.05) is 7.43 Å². The van der Waals surface area contributed by atoms with Crippen LogP contribution in [0.1, 0.15) is 0 Å². The van der Waals surface area contributed by atoms with Gasteiger partial charge in [0.05, 0.1) is 0 Å². The quantitative estimate of drug-likeness (QED) is 0.530. The van der Waals surface area contributed by atoms with Crippen molar-refractivity contribution in [2.24, 2.45) is 0 Å². The summed E-state index contributed by atoms with van der Waals surface area (Å²) in [5.74, 6) is 0. The highest BCUT2D eigenvalue weighted by Crippen LogP contribution is 2.48. The zero-order valence-electron chi connectivity index (χ0n) is 9.27. The summed E-state index contributed by atoms with van der Waals surface area (Å²) < 4.78 is 2.65. The molecule has 0 rings (SSSR count). The highest BCUT2D eigenvalue weighted by atomic mass is 35.7. The molecule has 1 unspecified atom stereocenters. The van der Waals surface area contributed by atoms with Crippen molar-refractivity contribution in [3.63, 3.8) is 0 Å². The fourth-order valence-corrected chi connectivity index (χ4v) is 20.6. The molecule has 0 aliphatic carbocycles. The fourth-order valence-electron chi connectivity index (χ4n) is 1.83. The van der Waals surface area contributed by atoms with Crippen LogP contribution in [0.25, 0.3) is 0 Å². The Balaban J connectivity index is 4.70. The number of hydrogen-bond acceptors (Lipinski definition) is 1. The first-order valence-corrected chi connectivity index (χ1v) is 13.8. The molecule has 5 heteroatoms. The zero-order valence-corrected chi connectivity index (χ0v) is 12.9. The van der Waals surface area contributed by atoms with Crippen LogP contribution in [0.5, 0.6) is 0 Å². The second-order valence-electron chi connectivity index (χ2n) is 5.10. The van der Waals surface area contributed by atoms with Crippen LogP contribution >= 0.6 is 18.7 Å². The molecule has 0 saturated heterocycles. The van der Waals surface area contributed by atoms with Crippen LogP contribution in [0.2, 0.25) is 39.3 Å². The largest absolute Gasteiger partial charge is 0.312 e. The first-order chi connectivity index (χ1) is 5.07. The molecule has 0 spiro atoms. The standard InChI is InChI=1S/C7H21ClNPSi2/c1-10(8)9(11(2,3)4)12(5,6)7/h1-7H3. The van der Waals surface area contributed by atoms with Crippen molar-refractivity contribution in [2.45, 2.75) is 39.3 Å². The first-order valence-electron chi connectivity index (χ1n) is 4.26. The van der Waals surface area contributed by atoms with E-state index in [0.717, 1.165) is 0 Å². The molecule has 0 amide bonds. The lowest BCUT2D eigenvalue weighted by atomic mass is 11.8. The van der Waals surface area contributed by atoms with Crippen LogP contribution in [-0.2, 0) is 0 Å². The van der Waals surface area contributed by atoms with Gasteiger partial charge in [0.25, 0.3) is 0 Å². The lowest BCUT2D eigenvalue weighted by Gasteiger charge is -2.44. The Morgan fingerprint density at radius 2 is 1.17 bits per heavy atom. The smallest absolute Gasteiger partial charge is 0.117 e. The van der Waals surface area contributed by atoms with Crippen LogP contribution in [0.3, 0.4) is 0 Å². The van der Waals surface area contributed by atoms with Crippen molar-refractivity contribution in [3.8, 4) is 0 Å². The van der Waals surface area contributed by atoms with Crippen molar-refractivity contribution in [2.75, 3.05) is 6.66 Å². The Hall–Kier alpha value is 1.11. The van der Waals surface area contributed by atoms with E-state index >= 15 is 0 Å². The van der Waals surface area contributed by atoms with E-state index in [2.05, 4.69) is 49.9 Å². The van der Waals surface area contributed by atoms with Crippen molar-refractivity contribution in [1.29, 1.82) is 0 Å². The summed E-state index contributed by atoms with van der Waals surface area (Å²) in [6, 6.07) is 0. The molecular weight excluding hydrogens is 221 g/mol. The molecule has 0 aromatic heterocycles. The van der Waals surface area contributed by atoms with E-state index in [9.17, 15) is 0 Å². The minimum absolute atomic E-state index is 0.411. The maximum atomic E-state index is 6.27. The minimum atomic E-state index is -1.19. The number of nitrogens with zero attached hydrogens (tertiary/aromatic N) is 1. The van der Waals surface area contributed by atoms with Gasteiger partial charge in [-0.3, -0.25) is 0 Å². The second-order valence-corrected chi connectivity index (χ2v) is 18.6. The molecule has 1 nitrogen and oxygen atoms in total. The van der Waals surface area contributed by atoms with E-state index in [0.29, 0.717) is 0 Å². The number of hydrogen-bond donors (Lipinski definition) is 0. The lowest BCUT2D eigenvalue weighted by molar-refractivity contribution is 0.985. The zero-order chi connectivity index (χ0) is 10.2. The van der Waals surface area contributed by atoms with Gasteiger partial charge in [-0.05, 0) is 6.66 Å². The molecule has 0 N–H and O–H groups in total. The average Bonchev–Trinajstić information content (AvgIpc) is 1.49. The van der Waals surface area contributed by atoms with E-state index in [1.807, 2.05) is 0 Å². The monoisotopic (exact) mass is 241 g/mol. The van der Waals surface area contributed by atoms with E-state index < -0.39 is 23.9 Å². The molecule has 0 radical (unpaired) electrons. The van der Waals surface area contributed by atoms with Crippen LogP contribution in [0, 0.1) is 0 Å². The lowest BCUT2D eigenvalue weighted by Crippen LogP contribution is -2.54. The predicted molar refractivity (Wildman–Crippen MR) is 67.2 cm³/mol. The fraction of sp³-hybridized carbons (Fsp3) is 1.00. The maximum absolute atomic E-state index is 6.27. The molecule has 1 atom stereocenters. The summed E-state index contributed by atoms with van der Waals surface area (Å²) in [6.45, 7) is 16.4. The molecule has 74 valence electrons. The molecule has 0 aliphatic heterocycles. The topological polar surface area (TPSA) is 3.24 Å². The van der Waals surface area contributed by atoms with E-state index in [-0.39, 0.29) is 0 Å². The van der Waals surface area contributed by atoms with E-state index in [1.54, 1.807) is 0 Å². The minimum Gasteiger partial charge on any atom is -0.312 e. The predicted octanol–water partition coefficient (Wildman–Crippen LogP) is 4.14. The second kappa shape index (κ2) is 4.10. The average molecular weight is 242 g/mol. The molecule has 0 saturated carbocycles. The van der Waals surface area contributed by atoms with Gasteiger partial charge in [-0.1, -0.05) is 50.5 Å². The highest BCUT2D eigenvalue weighted by Gasteiger charge is 2.37. The van der Waals surface area contributed by atoms with Gasteiger partial charge in [-0.15, -0.1) is 0 Å². The Labute approximate surface area is 85.3 Å². The van der Waals surface area contributed by atoms with Crippen molar-refractivity contribution < 1.29 is 0 Å². The Morgan fingerprint density at radius 3 is 1.17 bits per heavy atom. The molecular formula is C7H21ClNPSi2.